The van der Waals surface area contributed by atoms with Crippen molar-refractivity contribution in [1.82, 2.24) is 24.0 Å². The van der Waals surface area contributed by atoms with Gasteiger partial charge < -0.3 is 32.9 Å². The number of hydrogen-bond donors (Lipinski definition) is 1. The lowest BCUT2D eigenvalue weighted by Crippen LogP contribution is -2.59. The first-order valence-electron chi connectivity index (χ1n) is 26.7. The number of nitrogens with zero attached hydrogens (tertiary/aromatic N) is 5. The summed E-state index contributed by atoms with van der Waals surface area (Å²) in [5.74, 6) is 1.31. The van der Waals surface area contributed by atoms with E-state index in [-0.39, 0.29) is 50.6 Å². The molecule has 0 aliphatic carbocycles. The van der Waals surface area contributed by atoms with E-state index in [0.29, 0.717) is 48.8 Å². The zero-order chi connectivity index (χ0) is 54.7. The van der Waals surface area contributed by atoms with Crippen LogP contribution in [0.15, 0.2) is 149 Å². The summed E-state index contributed by atoms with van der Waals surface area (Å²) in [6.07, 6.45) is 0.0985. The molecule has 78 heavy (non-hydrogen) atoms. The van der Waals surface area contributed by atoms with E-state index < -0.39 is 43.3 Å². The fraction of sp³-hybridized carbons (Fsp3) is 0.355. The van der Waals surface area contributed by atoms with Crippen LogP contribution in [-0.4, -0.2) is 114 Å². The minimum atomic E-state index is -1.87. The lowest BCUT2D eigenvalue weighted by Gasteiger charge is -2.45. The molecule has 3 heterocycles. The predicted octanol–water partition coefficient (Wildman–Crippen LogP) is 10.5. The number of methoxy groups -OCH3 is 2. The van der Waals surface area contributed by atoms with Crippen molar-refractivity contribution in [1.29, 1.82) is 5.26 Å². The smallest absolute Gasteiger partial charge is 0.330 e. The maximum Gasteiger partial charge on any atom is 0.330 e. The number of aromatic nitrogens is 2. The number of rotatable bonds is 20. The quantitative estimate of drug-likeness (QED) is 0.0333. The number of aromatic amines is 1. The van der Waals surface area contributed by atoms with Gasteiger partial charge in [-0.2, -0.15) is 5.26 Å². The van der Waals surface area contributed by atoms with Crippen molar-refractivity contribution in [3.63, 3.8) is 0 Å². The molecule has 2 aliphatic heterocycles. The molecule has 1 aromatic heterocycles. The van der Waals surface area contributed by atoms with Crippen molar-refractivity contribution in [2.45, 2.75) is 83.1 Å². The molecule has 8 aromatic rings. The first-order chi connectivity index (χ1) is 37.8. The fourth-order valence-electron chi connectivity index (χ4n) is 11.5. The van der Waals surface area contributed by atoms with Crippen LogP contribution < -0.4 is 20.7 Å². The molecule has 2 fully saturated rings. The van der Waals surface area contributed by atoms with E-state index in [4.69, 9.17) is 28.0 Å². The summed E-state index contributed by atoms with van der Waals surface area (Å²) in [7, 11) is 1.40. The third-order valence-corrected chi connectivity index (χ3v) is 17.5. The third-order valence-electron chi connectivity index (χ3n) is 15.3. The second-order valence-corrected chi connectivity index (χ2v) is 22.2. The molecule has 1 unspecified atom stereocenters. The van der Waals surface area contributed by atoms with Crippen LogP contribution in [0.5, 0.6) is 11.5 Å². The summed E-state index contributed by atoms with van der Waals surface area (Å²) in [4.78, 5) is 48.4. The van der Waals surface area contributed by atoms with Gasteiger partial charge in [-0.3, -0.25) is 24.0 Å². The van der Waals surface area contributed by atoms with Gasteiger partial charge in [-0.25, -0.2) is 9.46 Å². The maximum absolute atomic E-state index is 14.8. The van der Waals surface area contributed by atoms with Gasteiger partial charge in [0, 0.05) is 68.6 Å². The van der Waals surface area contributed by atoms with E-state index in [0.717, 1.165) is 49.0 Å². The molecule has 404 valence electrons. The van der Waals surface area contributed by atoms with Crippen LogP contribution in [0.2, 0.25) is 0 Å². The fourth-order valence-corrected chi connectivity index (χ4v) is 13.3. The number of amides is 1. The largest absolute Gasteiger partial charge is 0.497 e. The second kappa shape index (κ2) is 23.1. The van der Waals surface area contributed by atoms with E-state index in [1.807, 2.05) is 89.8 Å². The predicted molar refractivity (Wildman–Crippen MR) is 304 cm³/mol. The highest BCUT2D eigenvalue weighted by atomic mass is 31.2. The molecule has 0 radical (unpaired) electrons. The lowest BCUT2D eigenvalue weighted by molar-refractivity contribution is -0.168. The number of aryl methyl sites for hydroxylation is 1. The zero-order valence-corrected chi connectivity index (χ0v) is 46.2. The van der Waals surface area contributed by atoms with Crippen LogP contribution in [0.3, 0.4) is 0 Å². The van der Waals surface area contributed by atoms with Crippen LogP contribution in [0.25, 0.3) is 32.3 Å². The summed E-state index contributed by atoms with van der Waals surface area (Å²) in [5, 5.41) is 16.3. The van der Waals surface area contributed by atoms with Gasteiger partial charge in [0.15, 0.2) is 0 Å². The Morgan fingerprint density at radius 2 is 1.37 bits per heavy atom. The van der Waals surface area contributed by atoms with Crippen LogP contribution in [-0.2, 0) is 24.1 Å². The second-order valence-electron chi connectivity index (χ2n) is 20.8. The number of nitriles is 1. The van der Waals surface area contributed by atoms with Crippen molar-refractivity contribution in [3.05, 3.63) is 188 Å². The molecule has 0 spiro atoms. The molecular formula is C62H67N6O9P. The number of ether oxygens (including phenoxy) is 4. The molecule has 4 atom stereocenters. The van der Waals surface area contributed by atoms with E-state index >= 15 is 0 Å². The normalized spacial score (nSPS) is 18.7. The number of H-pyrrole nitrogens is 1. The van der Waals surface area contributed by atoms with Crippen molar-refractivity contribution < 1.29 is 32.8 Å². The van der Waals surface area contributed by atoms with Crippen LogP contribution >= 0.6 is 8.53 Å². The van der Waals surface area contributed by atoms with Crippen molar-refractivity contribution in [2.75, 3.05) is 60.2 Å². The van der Waals surface area contributed by atoms with Crippen LogP contribution in [0.4, 0.5) is 0 Å². The van der Waals surface area contributed by atoms with Crippen LogP contribution in [0.1, 0.15) is 79.4 Å². The minimum absolute atomic E-state index is 0.0266. The van der Waals surface area contributed by atoms with Crippen LogP contribution in [0, 0.1) is 18.3 Å². The first kappa shape index (κ1) is 54.4. The number of hydrogen-bond acceptors (Lipinski definition) is 12. The highest BCUT2D eigenvalue weighted by molar-refractivity contribution is 7.44. The average Bonchev–Trinajstić information content (AvgIpc) is 3.98. The maximum atomic E-state index is 14.8. The summed E-state index contributed by atoms with van der Waals surface area (Å²) in [6, 6.07) is 46.6. The van der Waals surface area contributed by atoms with Gasteiger partial charge in [0.1, 0.15) is 35.0 Å². The van der Waals surface area contributed by atoms with Crippen molar-refractivity contribution in [2.24, 2.45) is 0 Å². The summed E-state index contributed by atoms with van der Waals surface area (Å²) in [5.41, 5.74) is -0.324. The summed E-state index contributed by atoms with van der Waals surface area (Å²) < 4.78 is 44.3. The first-order valence-corrected chi connectivity index (χ1v) is 27.8. The monoisotopic (exact) mass is 1070 g/mol. The minimum Gasteiger partial charge on any atom is -0.497 e. The molecule has 2 saturated heterocycles. The summed E-state index contributed by atoms with van der Waals surface area (Å²) >= 11 is 0. The lowest BCUT2D eigenvalue weighted by atomic mass is 9.79. The molecule has 0 bridgehead atoms. The number of piperazine rings is 1. The Morgan fingerprint density at radius 3 is 1.97 bits per heavy atom. The Bertz CT molecular complexity index is 3470. The van der Waals surface area contributed by atoms with E-state index in [1.165, 1.54) is 10.8 Å². The van der Waals surface area contributed by atoms with Crippen molar-refractivity contribution >= 4 is 46.8 Å². The molecule has 15 nitrogen and oxygen atoms in total. The van der Waals surface area contributed by atoms with E-state index in [9.17, 15) is 19.6 Å². The van der Waals surface area contributed by atoms with Gasteiger partial charge in [-0.05, 0) is 114 Å². The number of carbonyl (C=O) groups is 1. The number of carbonyl (C=O) groups excluding carboxylic acids is 1. The molecule has 10 rings (SSSR count). The van der Waals surface area contributed by atoms with Crippen molar-refractivity contribution in [3.8, 4) is 17.6 Å². The molecule has 0 saturated carbocycles. The van der Waals surface area contributed by atoms with Gasteiger partial charge >= 0.3 is 5.69 Å². The van der Waals surface area contributed by atoms with Gasteiger partial charge in [0.25, 0.3) is 20.0 Å². The Hall–Kier alpha value is -6.99. The average molecular weight is 1070 g/mol. The topological polar surface area (TPSA) is 161 Å². The standard InChI is InChI=1S/C62H67N6O9P/c1-41(2)68(42(3)4)78(75-36-12-31-63)77-54-37-55(67-38-43(5)58(69)64-60(67)71)76-61(54,40-74-62(47-15-9-8-10-16-47,48-21-25-50(72-6)26-22-48)49-23-27-51(73-7)28-24-49)39-65-32-34-66(35-33-65)59(70)53-30-20-46-18-17-44-13-11-14-45-19-29-52(53)57(46)56(44)45/h8-11,13-30,38,41-42,54-55H,12,32-37,39-40H2,1-7H3,(H,64,69,71)/t54-,55+,61+,78?/m0/s1. The summed E-state index contributed by atoms with van der Waals surface area (Å²) in [6.45, 7) is 12.1. The highest BCUT2D eigenvalue weighted by Gasteiger charge is 2.55. The van der Waals surface area contributed by atoms with Gasteiger partial charge in [0.05, 0.1) is 39.9 Å². The molecule has 1 amide bonds. The van der Waals surface area contributed by atoms with Gasteiger partial charge in [-0.15, -0.1) is 0 Å². The Kier molecular flexibility index (Phi) is 16.1. The molecule has 16 heteroatoms. The van der Waals surface area contributed by atoms with E-state index in [1.54, 1.807) is 21.1 Å². The van der Waals surface area contributed by atoms with E-state index in [2.05, 4.69) is 96.8 Å². The number of nitrogens with one attached hydrogen (secondary N) is 1. The number of benzene rings is 7. The highest BCUT2D eigenvalue weighted by Crippen LogP contribution is 2.53. The molecule has 1 N–H and O–H groups in total. The third kappa shape index (κ3) is 10.5. The molecule has 7 aromatic carbocycles. The zero-order valence-electron chi connectivity index (χ0n) is 45.3. The molecular weight excluding hydrogens is 1000 g/mol. The Labute approximate surface area is 456 Å². The molecule has 2 aliphatic rings. The van der Waals surface area contributed by atoms with Gasteiger partial charge in [-0.1, -0.05) is 103 Å². The van der Waals surface area contributed by atoms with Gasteiger partial charge in [0.2, 0.25) is 0 Å². The Balaban J connectivity index is 1.08. The SMILES string of the molecule is COc1ccc(C(OC[C@@]2(CN3CCN(C(=O)c4ccc5ccc6cccc7ccc4c5c67)CC3)O[C@@H](n3cc(C)c(=O)[nH]c3=O)C[C@@H]2OP(OCCC#N)N(C(C)C)C(C)C)(c2ccccc2)c2ccc(OC)cc2)cc1. The Morgan fingerprint density at radius 1 is 0.782 bits per heavy atom.